The average Bonchev–Trinajstić information content (AvgIpc) is 3.55. The maximum atomic E-state index is 12.7. The van der Waals surface area contributed by atoms with Gasteiger partial charge in [0.05, 0.1) is 25.7 Å². The van der Waals surface area contributed by atoms with Crippen molar-refractivity contribution >= 4 is 35.6 Å². The molecule has 4 rings (SSSR count). The number of amides is 2. The van der Waals surface area contributed by atoms with Gasteiger partial charge in [0, 0.05) is 24.2 Å². The predicted molar refractivity (Wildman–Crippen MR) is 157 cm³/mol. The van der Waals surface area contributed by atoms with Crippen LogP contribution >= 0.6 is 12.4 Å². The summed E-state index contributed by atoms with van der Waals surface area (Å²) in [6.45, 7) is 16.7. The number of nitrogens with zero attached hydrogens (tertiary/aromatic N) is 1. The second kappa shape index (κ2) is 15.8. The molecule has 2 unspecified atom stereocenters. The summed E-state index contributed by atoms with van der Waals surface area (Å²) in [5, 5.41) is 9.41. The summed E-state index contributed by atoms with van der Waals surface area (Å²) >= 11 is 0. The van der Waals surface area contributed by atoms with Gasteiger partial charge in [-0.2, -0.15) is 0 Å². The fourth-order valence-corrected chi connectivity index (χ4v) is 5.74. The Morgan fingerprint density at radius 2 is 1.29 bits per heavy atom. The molecule has 2 heterocycles. The first-order valence-electron chi connectivity index (χ1n) is 13.6. The molecule has 2 saturated heterocycles. The van der Waals surface area contributed by atoms with Gasteiger partial charge in [-0.15, -0.1) is 12.4 Å². The van der Waals surface area contributed by atoms with Crippen LogP contribution < -0.4 is 39.9 Å². The van der Waals surface area contributed by atoms with Gasteiger partial charge in [-0.3, -0.25) is 9.59 Å². The zero-order valence-corrected chi connectivity index (χ0v) is 26.8. The van der Waals surface area contributed by atoms with Gasteiger partial charge in [-0.25, -0.2) is 0 Å². The molecule has 2 aliphatic heterocycles. The van der Waals surface area contributed by atoms with Gasteiger partial charge >= 0.3 is 0 Å². The van der Waals surface area contributed by atoms with Crippen molar-refractivity contribution < 1.29 is 38.0 Å². The highest BCUT2D eigenvalue weighted by Gasteiger charge is 2.43. The van der Waals surface area contributed by atoms with Crippen LogP contribution in [0.15, 0.2) is 36.4 Å². The summed E-state index contributed by atoms with van der Waals surface area (Å²) in [4.78, 5) is 24.7. The Morgan fingerprint density at radius 1 is 0.816 bits per heavy atom. The molecule has 2 amide bonds. The number of hydrogen-bond acceptors (Lipinski definition) is 3. The zero-order valence-electron chi connectivity index (χ0n) is 23.8. The number of benzene rings is 2. The van der Waals surface area contributed by atoms with E-state index in [4.69, 9.17) is 0 Å². The van der Waals surface area contributed by atoms with E-state index < -0.39 is 0 Å². The summed E-state index contributed by atoms with van der Waals surface area (Å²) in [7, 11) is 0. The lowest BCUT2D eigenvalue weighted by molar-refractivity contribution is -0.927. The number of likely N-dealkylation sites (tertiary alicyclic amines) is 1. The van der Waals surface area contributed by atoms with Crippen LogP contribution in [0.3, 0.4) is 0 Å². The van der Waals surface area contributed by atoms with E-state index in [-0.39, 0.29) is 60.3 Å². The first-order valence-corrected chi connectivity index (χ1v) is 13.6. The van der Waals surface area contributed by atoms with Gasteiger partial charge in [0.15, 0.2) is 6.04 Å². The standard InChI is InChI=1S/C17H26N2O.C13H18N2O.ClH.HI/c1-5-19(6-2)12-8-11-15(19)17(20)18-16-13(3)9-7-10-14(16)4;1-9-5-3-6-10(2)12(9)15-13(16)11-7-4-8-14-11;;/h7,9-10,15H,5-6,8,11-12H2,1-4H3;3,5-6,11,14H,4,7-8H2,1-2H3,(H,15,16);2*1H. The van der Waals surface area contributed by atoms with Crippen LogP contribution in [0.4, 0.5) is 11.4 Å². The number of quaternary nitrogens is 1. The Labute approximate surface area is 252 Å². The van der Waals surface area contributed by atoms with E-state index in [9.17, 15) is 9.59 Å². The van der Waals surface area contributed by atoms with E-state index >= 15 is 0 Å². The molecule has 38 heavy (non-hydrogen) atoms. The first-order chi connectivity index (χ1) is 17.2. The molecule has 0 aliphatic carbocycles. The molecule has 0 spiro atoms. The van der Waals surface area contributed by atoms with Crippen LogP contribution in [0, 0.1) is 27.7 Å². The SMILES string of the molecule is CC[N+]1(CC)CCCC1C(=O)Nc1c(C)cccc1C.Cc1cccc(C)c1NC(=O)C1CCCN1.Cl.[I-]. The van der Waals surface area contributed by atoms with Crippen molar-refractivity contribution in [1.29, 1.82) is 0 Å². The van der Waals surface area contributed by atoms with Gasteiger partial charge in [-0.1, -0.05) is 36.4 Å². The summed E-state index contributed by atoms with van der Waals surface area (Å²) in [5.41, 5.74) is 6.47. The van der Waals surface area contributed by atoms with Gasteiger partial charge in [0.1, 0.15) is 0 Å². The number of likely N-dealkylation sites (N-methyl/N-ethyl adjacent to an activating group) is 1. The monoisotopic (exact) mass is 656 g/mol. The maximum Gasteiger partial charge on any atom is 0.282 e. The number of halogens is 2. The average molecular weight is 657 g/mol. The van der Waals surface area contributed by atoms with Crippen LogP contribution in [0.1, 0.15) is 61.8 Å². The van der Waals surface area contributed by atoms with E-state index in [1.54, 1.807) is 0 Å². The van der Waals surface area contributed by atoms with Crippen molar-refractivity contribution in [2.45, 2.75) is 79.3 Å². The highest BCUT2D eigenvalue weighted by Crippen LogP contribution is 2.29. The maximum absolute atomic E-state index is 12.7. The summed E-state index contributed by atoms with van der Waals surface area (Å²) in [6.07, 6.45) is 4.20. The van der Waals surface area contributed by atoms with Crippen LogP contribution in [0.2, 0.25) is 0 Å². The van der Waals surface area contributed by atoms with E-state index in [1.165, 1.54) is 0 Å². The van der Waals surface area contributed by atoms with Crippen molar-refractivity contribution in [2.75, 3.05) is 36.8 Å². The van der Waals surface area contributed by atoms with E-state index in [0.717, 1.165) is 90.0 Å². The minimum absolute atomic E-state index is 0. The Hall–Kier alpha value is -1.68. The normalized spacial score (nSPS) is 19.3. The fourth-order valence-electron chi connectivity index (χ4n) is 5.74. The zero-order chi connectivity index (χ0) is 26.3. The number of nitrogens with one attached hydrogen (secondary N) is 3. The van der Waals surface area contributed by atoms with Gasteiger partial charge in [-0.05, 0) is 83.2 Å². The molecule has 212 valence electrons. The van der Waals surface area contributed by atoms with Crippen molar-refractivity contribution in [1.82, 2.24) is 5.32 Å². The lowest BCUT2D eigenvalue weighted by Gasteiger charge is -2.37. The van der Waals surface area contributed by atoms with E-state index in [0.29, 0.717) is 0 Å². The highest BCUT2D eigenvalue weighted by atomic mass is 127. The Bertz CT molecular complexity index is 1030. The third kappa shape index (κ3) is 8.16. The molecule has 0 saturated carbocycles. The Kier molecular flexibility index (Phi) is 14.3. The van der Waals surface area contributed by atoms with Crippen LogP contribution in [0.5, 0.6) is 0 Å². The van der Waals surface area contributed by atoms with Gasteiger partial charge in [0.2, 0.25) is 5.91 Å². The molecular formula is C30H46ClIN4O2. The minimum Gasteiger partial charge on any atom is -1.00 e. The molecule has 0 radical (unpaired) electrons. The van der Waals surface area contributed by atoms with Crippen molar-refractivity contribution in [3.8, 4) is 0 Å². The second-order valence-electron chi connectivity index (χ2n) is 10.4. The summed E-state index contributed by atoms with van der Waals surface area (Å²) < 4.78 is 0.941. The lowest BCUT2D eigenvalue weighted by atomic mass is 10.1. The second-order valence-corrected chi connectivity index (χ2v) is 10.4. The molecule has 0 aromatic heterocycles. The molecule has 3 N–H and O–H groups in total. The van der Waals surface area contributed by atoms with Crippen molar-refractivity contribution in [3.05, 3.63) is 58.7 Å². The minimum atomic E-state index is -0.0148. The number of carbonyl (C=O) groups excluding carboxylic acids is 2. The number of hydrogen-bond donors (Lipinski definition) is 3. The smallest absolute Gasteiger partial charge is 0.282 e. The molecule has 2 aromatic rings. The topological polar surface area (TPSA) is 70.2 Å². The molecule has 2 atom stereocenters. The number of para-hydroxylation sites is 2. The largest absolute Gasteiger partial charge is 1.00 e. The van der Waals surface area contributed by atoms with Crippen molar-refractivity contribution in [3.63, 3.8) is 0 Å². The number of aryl methyl sites for hydroxylation is 4. The van der Waals surface area contributed by atoms with Crippen LogP contribution in [-0.4, -0.2) is 54.6 Å². The Balaban J connectivity index is 0.000000368. The molecular weight excluding hydrogens is 611 g/mol. The number of anilines is 2. The number of carbonyl (C=O) groups is 2. The quantitative estimate of drug-likeness (QED) is 0.331. The summed E-state index contributed by atoms with van der Waals surface area (Å²) in [6, 6.07) is 12.3. The molecule has 2 aliphatic rings. The van der Waals surface area contributed by atoms with Crippen molar-refractivity contribution in [2.24, 2.45) is 0 Å². The molecule has 6 nitrogen and oxygen atoms in total. The van der Waals surface area contributed by atoms with E-state index in [2.05, 4.69) is 55.8 Å². The molecule has 2 fully saturated rings. The van der Waals surface area contributed by atoms with E-state index in [1.807, 2.05) is 38.1 Å². The Morgan fingerprint density at radius 3 is 1.71 bits per heavy atom. The first kappa shape index (κ1) is 34.3. The van der Waals surface area contributed by atoms with Crippen LogP contribution in [0.25, 0.3) is 0 Å². The highest BCUT2D eigenvalue weighted by molar-refractivity contribution is 5.96. The lowest BCUT2D eigenvalue weighted by Crippen LogP contribution is -3.00. The number of rotatable bonds is 6. The third-order valence-corrected chi connectivity index (χ3v) is 8.14. The third-order valence-electron chi connectivity index (χ3n) is 8.14. The fraction of sp³-hybridized carbons (Fsp3) is 0.533. The molecule has 8 heteroatoms. The van der Waals surface area contributed by atoms with Gasteiger partial charge < -0.3 is 44.4 Å². The molecule has 2 aromatic carbocycles. The molecule has 0 bridgehead atoms. The van der Waals surface area contributed by atoms with Gasteiger partial charge in [0.25, 0.3) is 5.91 Å². The summed E-state index contributed by atoms with van der Waals surface area (Å²) in [5.74, 6) is 0.290. The van der Waals surface area contributed by atoms with Crippen LogP contribution in [-0.2, 0) is 9.59 Å². The predicted octanol–water partition coefficient (Wildman–Crippen LogP) is 2.68.